The predicted octanol–water partition coefficient (Wildman–Crippen LogP) is 4.21. The Morgan fingerprint density at radius 1 is 1.24 bits per heavy atom. The number of benzene rings is 1. The van der Waals surface area contributed by atoms with Gasteiger partial charge in [-0.1, -0.05) is 29.8 Å². The average Bonchev–Trinajstić information content (AvgIpc) is 2.96. The van der Waals surface area contributed by atoms with Crippen LogP contribution in [-0.2, 0) is 0 Å². The van der Waals surface area contributed by atoms with Crippen LogP contribution in [-0.4, -0.2) is 33.3 Å². The van der Waals surface area contributed by atoms with E-state index >= 15 is 0 Å². The van der Waals surface area contributed by atoms with Gasteiger partial charge in [-0.2, -0.15) is 0 Å². The van der Waals surface area contributed by atoms with Crippen LogP contribution in [0.25, 0.3) is 11.3 Å². The van der Waals surface area contributed by atoms with Crippen LogP contribution in [0.5, 0.6) is 0 Å². The SMILES string of the molecule is O=C(Nc1cncc(F)c1)N1c2nc(-c3cccc(Cl)c3)ccc2C2C[C@@H](O)C21. The fourth-order valence-electron chi connectivity index (χ4n) is 4.06. The molecule has 2 aromatic heterocycles. The molecule has 2 N–H and O–H groups in total. The Balaban J connectivity index is 1.52. The summed E-state index contributed by atoms with van der Waals surface area (Å²) in [6, 6.07) is 11.5. The van der Waals surface area contributed by atoms with Gasteiger partial charge in [0.25, 0.3) is 0 Å². The van der Waals surface area contributed by atoms with Crippen molar-refractivity contribution in [2.24, 2.45) is 0 Å². The summed E-state index contributed by atoms with van der Waals surface area (Å²) in [4.78, 5) is 22.9. The summed E-state index contributed by atoms with van der Waals surface area (Å²) < 4.78 is 13.4. The van der Waals surface area contributed by atoms with E-state index in [1.54, 1.807) is 12.1 Å². The number of carbonyl (C=O) groups excluding carboxylic acids is 1. The highest BCUT2D eigenvalue weighted by Crippen LogP contribution is 2.51. The van der Waals surface area contributed by atoms with E-state index in [1.807, 2.05) is 24.3 Å². The van der Waals surface area contributed by atoms with E-state index in [2.05, 4.69) is 10.3 Å². The molecule has 3 aromatic rings. The molecule has 1 aliphatic carbocycles. The monoisotopic (exact) mass is 410 g/mol. The van der Waals surface area contributed by atoms with E-state index in [4.69, 9.17) is 16.6 Å². The van der Waals surface area contributed by atoms with Crippen molar-refractivity contribution in [2.45, 2.75) is 24.5 Å². The number of rotatable bonds is 2. The van der Waals surface area contributed by atoms with Crippen LogP contribution < -0.4 is 10.2 Å². The van der Waals surface area contributed by atoms with Gasteiger partial charge in [0.2, 0.25) is 0 Å². The molecule has 146 valence electrons. The van der Waals surface area contributed by atoms with Gasteiger partial charge in [0.1, 0.15) is 11.6 Å². The molecule has 5 rings (SSSR count). The summed E-state index contributed by atoms with van der Waals surface area (Å²) in [5.74, 6) is -0.0271. The van der Waals surface area contributed by atoms with Gasteiger partial charge in [-0.25, -0.2) is 14.2 Å². The largest absolute Gasteiger partial charge is 0.391 e. The van der Waals surface area contributed by atoms with Crippen LogP contribution in [0.15, 0.2) is 54.9 Å². The van der Waals surface area contributed by atoms with Gasteiger partial charge >= 0.3 is 6.03 Å². The highest BCUT2D eigenvalue weighted by atomic mass is 35.5. The van der Waals surface area contributed by atoms with E-state index < -0.39 is 24.0 Å². The van der Waals surface area contributed by atoms with Crippen molar-refractivity contribution in [3.8, 4) is 11.3 Å². The molecule has 0 radical (unpaired) electrons. The summed E-state index contributed by atoms with van der Waals surface area (Å²) in [7, 11) is 0. The number of halogens is 2. The van der Waals surface area contributed by atoms with Crippen molar-refractivity contribution in [3.05, 3.63) is 71.3 Å². The van der Waals surface area contributed by atoms with Crippen LogP contribution in [0.3, 0.4) is 0 Å². The lowest BCUT2D eigenvalue weighted by Crippen LogP contribution is -2.55. The molecule has 3 atom stereocenters. The number of urea groups is 1. The zero-order valence-electron chi connectivity index (χ0n) is 15.1. The lowest BCUT2D eigenvalue weighted by molar-refractivity contribution is 0.0540. The minimum Gasteiger partial charge on any atom is -0.391 e. The summed E-state index contributed by atoms with van der Waals surface area (Å²) >= 11 is 6.10. The Hall–Kier alpha value is -3.03. The normalized spacial score (nSPS) is 21.9. The van der Waals surface area contributed by atoms with Crippen LogP contribution in [0.2, 0.25) is 5.02 Å². The minimum atomic E-state index is -0.639. The molecule has 2 unspecified atom stereocenters. The van der Waals surface area contributed by atoms with Crippen molar-refractivity contribution in [1.29, 1.82) is 0 Å². The van der Waals surface area contributed by atoms with Gasteiger partial charge in [-0.3, -0.25) is 9.88 Å². The molecule has 0 bridgehead atoms. The van der Waals surface area contributed by atoms with Crippen molar-refractivity contribution in [1.82, 2.24) is 9.97 Å². The van der Waals surface area contributed by atoms with Crippen LogP contribution >= 0.6 is 11.6 Å². The Labute approximate surface area is 171 Å². The molecular weight excluding hydrogens is 395 g/mol. The number of nitrogens with one attached hydrogen (secondary N) is 1. The molecule has 1 saturated carbocycles. The first-order chi connectivity index (χ1) is 14.0. The minimum absolute atomic E-state index is 0.0253. The van der Waals surface area contributed by atoms with E-state index in [9.17, 15) is 14.3 Å². The Morgan fingerprint density at radius 2 is 2.10 bits per heavy atom. The standard InChI is InChI=1S/C21H16ClFN4O2/c22-12-3-1-2-11(6-12)17-5-4-15-16-8-18(28)19(16)27(20(15)26-17)21(29)25-14-7-13(23)9-24-10-14/h1-7,9-10,16,18-19,28H,8H2,(H,25,29)/t16?,18-,19?/m1/s1. The third kappa shape index (κ3) is 3.03. The Bertz CT molecular complexity index is 1130. The number of carbonyl (C=O) groups is 1. The second kappa shape index (κ2) is 6.79. The van der Waals surface area contributed by atoms with E-state index in [-0.39, 0.29) is 11.6 Å². The number of hydrogen-bond acceptors (Lipinski definition) is 4. The number of amides is 2. The fourth-order valence-corrected chi connectivity index (χ4v) is 4.25. The zero-order valence-corrected chi connectivity index (χ0v) is 15.8. The summed E-state index contributed by atoms with van der Waals surface area (Å²) in [6.07, 6.45) is 2.36. The molecule has 6 nitrogen and oxygen atoms in total. The summed E-state index contributed by atoms with van der Waals surface area (Å²) in [6.45, 7) is 0. The zero-order chi connectivity index (χ0) is 20.1. The maximum atomic E-state index is 13.4. The number of fused-ring (bicyclic) bond motifs is 3. The van der Waals surface area contributed by atoms with Crippen molar-refractivity contribution in [3.63, 3.8) is 0 Å². The molecule has 0 spiro atoms. The third-order valence-corrected chi connectivity index (χ3v) is 5.66. The van der Waals surface area contributed by atoms with Crippen molar-refractivity contribution < 1.29 is 14.3 Å². The van der Waals surface area contributed by atoms with Crippen LogP contribution in [0, 0.1) is 5.82 Å². The highest BCUT2D eigenvalue weighted by molar-refractivity contribution is 6.30. The Morgan fingerprint density at radius 3 is 2.86 bits per heavy atom. The summed E-state index contributed by atoms with van der Waals surface area (Å²) in [5.41, 5.74) is 2.65. The predicted molar refractivity (Wildman–Crippen MR) is 108 cm³/mol. The number of hydrogen-bond donors (Lipinski definition) is 2. The number of anilines is 2. The van der Waals surface area contributed by atoms with Gasteiger partial charge < -0.3 is 10.4 Å². The molecule has 2 aliphatic rings. The average molecular weight is 411 g/mol. The maximum Gasteiger partial charge on any atom is 0.327 e. The smallest absolute Gasteiger partial charge is 0.327 e. The number of aromatic nitrogens is 2. The second-order valence-corrected chi connectivity index (χ2v) is 7.65. The lowest BCUT2D eigenvalue weighted by Gasteiger charge is -2.40. The molecule has 2 amide bonds. The van der Waals surface area contributed by atoms with E-state index in [0.717, 1.165) is 17.3 Å². The number of aliphatic hydroxyl groups excluding tert-OH is 1. The van der Waals surface area contributed by atoms with Crippen molar-refractivity contribution in [2.75, 3.05) is 10.2 Å². The third-order valence-electron chi connectivity index (χ3n) is 5.43. The van der Waals surface area contributed by atoms with E-state index in [0.29, 0.717) is 23.0 Å². The first-order valence-electron chi connectivity index (χ1n) is 9.17. The molecule has 1 fully saturated rings. The van der Waals surface area contributed by atoms with E-state index in [1.165, 1.54) is 17.2 Å². The molecule has 29 heavy (non-hydrogen) atoms. The number of aliphatic hydroxyl groups is 1. The second-order valence-electron chi connectivity index (χ2n) is 7.21. The van der Waals surface area contributed by atoms with Gasteiger partial charge in [0, 0.05) is 28.1 Å². The van der Waals surface area contributed by atoms with Gasteiger partial charge in [-0.05, 0) is 24.6 Å². The van der Waals surface area contributed by atoms with Gasteiger partial charge in [0.05, 0.1) is 35.9 Å². The number of pyridine rings is 2. The number of nitrogens with zero attached hydrogens (tertiary/aromatic N) is 3. The molecular formula is C21H16ClFN4O2. The topological polar surface area (TPSA) is 78.4 Å². The molecule has 1 aromatic carbocycles. The fraction of sp³-hybridized carbons (Fsp3) is 0.190. The molecule has 0 saturated heterocycles. The van der Waals surface area contributed by atoms with Crippen LogP contribution in [0.1, 0.15) is 17.9 Å². The van der Waals surface area contributed by atoms with Gasteiger partial charge in [-0.15, -0.1) is 0 Å². The maximum absolute atomic E-state index is 13.4. The summed E-state index contributed by atoms with van der Waals surface area (Å²) in [5, 5.41) is 13.5. The lowest BCUT2D eigenvalue weighted by atomic mass is 9.75. The first-order valence-corrected chi connectivity index (χ1v) is 9.55. The molecule has 8 heteroatoms. The van der Waals surface area contributed by atoms with Crippen molar-refractivity contribution >= 4 is 29.1 Å². The Kier molecular flexibility index (Phi) is 4.22. The quantitative estimate of drug-likeness (QED) is 0.663. The molecule has 1 aliphatic heterocycles. The molecule has 3 heterocycles. The highest BCUT2D eigenvalue weighted by Gasteiger charge is 2.54. The van der Waals surface area contributed by atoms with Gasteiger partial charge in [0.15, 0.2) is 0 Å². The first kappa shape index (κ1) is 18.0. The van der Waals surface area contributed by atoms with Crippen LogP contribution in [0.4, 0.5) is 20.7 Å².